The molecule has 1 aromatic rings. The number of carbonyl (C=O) groups is 1. The van der Waals surface area contributed by atoms with E-state index in [9.17, 15) is 4.79 Å². The summed E-state index contributed by atoms with van der Waals surface area (Å²) in [6, 6.07) is 8.39. The van der Waals surface area contributed by atoms with Crippen LogP contribution in [0.25, 0.3) is 0 Å². The highest BCUT2D eigenvalue weighted by molar-refractivity contribution is 5.81. The van der Waals surface area contributed by atoms with Crippen LogP contribution in [0.15, 0.2) is 29.3 Å². The lowest BCUT2D eigenvalue weighted by molar-refractivity contribution is -0.132. The summed E-state index contributed by atoms with van der Waals surface area (Å²) in [5.74, 6) is 1.95. The van der Waals surface area contributed by atoms with E-state index in [2.05, 4.69) is 23.6 Å². The van der Waals surface area contributed by atoms with Crippen molar-refractivity contribution in [2.45, 2.75) is 57.7 Å². The van der Waals surface area contributed by atoms with Gasteiger partial charge < -0.3 is 20.3 Å². The lowest BCUT2D eigenvalue weighted by atomic mass is 9.96. The van der Waals surface area contributed by atoms with Crippen LogP contribution in [-0.4, -0.2) is 49.0 Å². The number of rotatable bonds is 6. The summed E-state index contributed by atoms with van der Waals surface area (Å²) < 4.78 is 6.10. The monoisotopic (exact) mass is 358 g/mol. The molecule has 0 radical (unpaired) electrons. The first-order valence-corrected chi connectivity index (χ1v) is 9.69. The maximum Gasteiger partial charge on any atom is 0.222 e. The number of para-hydroxylation sites is 1. The van der Waals surface area contributed by atoms with Crippen LogP contribution in [0.4, 0.5) is 0 Å². The van der Waals surface area contributed by atoms with E-state index in [1.807, 2.05) is 25.2 Å². The molecule has 142 valence electrons. The Morgan fingerprint density at radius 1 is 1.31 bits per heavy atom. The van der Waals surface area contributed by atoms with Crippen LogP contribution in [0.5, 0.6) is 5.75 Å². The van der Waals surface area contributed by atoms with Crippen LogP contribution in [0.1, 0.15) is 44.6 Å². The van der Waals surface area contributed by atoms with Gasteiger partial charge in [-0.05, 0) is 38.7 Å². The molecule has 1 aliphatic heterocycles. The number of guanidine groups is 1. The molecule has 1 heterocycles. The van der Waals surface area contributed by atoms with E-state index in [0.717, 1.165) is 43.1 Å². The number of hydrogen-bond acceptors (Lipinski definition) is 3. The SMILES string of the molecule is CCNC(=NCc1ccccc1OC1CCC1)NC1CCC(=O)N(C)C1. The Morgan fingerprint density at radius 2 is 2.12 bits per heavy atom. The lowest BCUT2D eigenvalue weighted by Gasteiger charge is -2.31. The normalized spacial score (nSPS) is 21.3. The standard InChI is InChI=1S/C20H30N4O2/c1-3-21-20(23-16-11-12-19(25)24(2)14-16)22-13-15-7-4-5-10-18(15)26-17-8-6-9-17/h4-5,7,10,16-17H,3,6,8-9,11-14H2,1-2H3,(H2,21,22,23). The number of amides is 1. The van der Waals surface area contributed by atoms with Crippen molar-refractivity contribution in [2.24, 2.45) is 4.99 Å². The number of likely N-dealkylation sites (N-methyl/N-ethyl adjacent to an activating group) is 1. The van der Waals surface area contributed by atoms with Crippen molar-refractivity contribution >= 4 is 11.9 Å². The van der Waals surface area contributed by atoms with Crippen molar-refractivity contribution in [3.8, 4) is 5.75 Å². The van der Waals surface area contributed by atoms with Crippen LogP contribution < -0.4 is 15.4 Å². The minimum atomic E-state index is 0.215. The molecule has 1 aliphatic carbocycles. The van der Waals surface area contributed by atoms with Gasteiger partial charge in [-0.3, -0.25) is 4.79 Å². The van der Waals surface area contributed by atoms with Crippen molar-refractivity contribution < 1.29 is 9.53 Å². The van der Waals surface area contributed by atoms with Gasteiger partial charge in [0.2, 0.25) is 5.91 Å². The van der Waals surface area contributed by atoms with Crippen molar-refractivity contribution in [3.05, 3.63) is 29.8 Å². The zero-order valence-corrected chi connectivity index (χ0v) is 15.8. The van der Waals surface area contributed by atoms with Crippen molar-refractivity contribution in [1.82, 2.24) is 15.5 Å². The average molecular weight is 358 g/mol. The molecule has 2 fully saturated rings. The zero-order valence-electron chi connectivity index (χ0n) is 15.8. The van der Waals surface area contributed by atoms with Gasteiger partial charge in [-0.15, -0.1) is 0 Å². The average Bonchev–Trinajstić information content (AvgIpc) is 2.60. The van der Waals surface area contributed by atoms with Gasteiger partial charge >= 0.3 is 0 Å². The van der Waals surface area contributed by atoms with E-state index in [-0.39, 0.29) is 11.9 Å². The molecule has 0 bridgehead atoms. The molecular formula is C20H30N4O2. The number of benzene rings is 1. The number of likely N-dealkylation sites (tertiary alicyclic amines) is 1. The fourth-order valence-electron chi connectivity index (χ4n) is 3.23. The minimum absolute atomic E-state index is 0.215. The number of carbonyl (C=O) groups excluding carboxylic acids is 1. The van der Waals surface area contributed by atoms with Gasteiger partial charge in [0.05, 0.1) is 12.6 Å². The first-order chi connectivity index (χ1) is 12.7. The quantitative estimate of drug-likeness (QED) is 0.605. The second-order valence-corrected chi connectivity index (χ2v) is 7.13. The Morgan fingerprint density at radius 3 is 2.81 bits per heavy atom. The van der Waals surface area contributed by atoms with Gasteiger partial charge in [-0.25, -0.2) is 4.99 Å². The van der Waals surface area contributed by atoms with Crippen LogP contribution in [0, 0.1) is 0 Å². The van der Waals surface area contributed by atoms with Crippen molar-refractivity contribution in [1.29, 1.82) is 0 Å². The van der Waals surface area contributed by atoms with Gasteiger partial charge in [0.25, 0.3) is 0 Å². The molecule has 1 atom stereocenters. The minimum Gasteiger partial charge on any atom is -0.490 e. The molecule has 3 rings (SSSR count). The zero-order chi connectivity index (χ0) is 18.4. The Balaban J connectivity index is 1.63. The first kappa shape index (κ1) is 18.5. The van der Waals surface area contributed by atoms with E-state index in [4.69, 9.17) is 9.73 Å². The molecule has 2 N–H and O–H groups in total. The second kappa shape index (κ2) is 8.92. The highest BCUT2D eigenvalue weighted by atomic mass is 16.5. The third kappa shape index (κ3) is 4.90. The molecule has 1 unspecified atom stereocenters. The van der Waals surface area contributed by atoms with Gasteiger partial charge in [-0.1, -0.05) is 18.2 Å². The predicted octanol–water partition coefficient (Wildman–Crippen LogP) is 2.29. The van der Waals surface area contributed by atoms with Gasteiger partial charge in [0, 0.05) is 38.2 Å². The van der Waals surface area contributed by atoms with Gasteiger partial charge in [-0.2, -0.15) is 0 Å². The highest BCUT2D eigenvalue weighted by Crippen LogP contribution is 2.27. The van der Waals surface area contributed by atoms with Crippen molar-refractivity contribution in [2.75, 3.05) is 20.1 Å². The lowest BCUT2D eigenvalue weighted by Crippen LogP contribution is -2.51. The van der Waals surface area contributed by atoms with Crippen molar-refractivity contribution in [3.63, 3.8) is 0 Å². The fourth-order valence-corrected chi connectivity index (χ4v) is 3.23. The van der Waals surface area contributed by atoms with Crippen LogP contribution in [0.2, 0.25) is 0 Å². The maximum atomic E-state index is 11.7. The summed E-state index contributed by atoms with van der Waals surface area (Å²) in [7, 11) is 1.86. The molecule has 0 aromatic heterocycles. The molecule has 6 heteroatoms. The molecule has 1 saturated carbocycles. The fraction of sp³-hybridized carbons (Fsp3) is 0.600. The summed E-state index contributed by atoms with van der Waals surface area (Å²) >= 11 is 0. The maximum absolute atomic E-state index is 11.7. The molecule has 6 nitrogen and oxygen atoms in total. The Labute approximate surface area is 156 Å². The van der Waals surface area contributed by atoms with E-state index in [1.54, 1.807) is 4.90 Å². The molecule has 0 spiro atoms. The van der Waals surface area contributed by atoms with Crippen LogP contribution in [-0.2, 0) is 11.3 Å². The molecule has 1 aromatic carbocycles. The summed E-state index contributed by atoms with van der Waals surface area (Å²) in [6.07, 6.45) is 5.35. The summed E-state index contributed by atoms with van der Waals surface area (Å²) in [5, 5.41) is 6.77. The first-order valence-electron chi connectivity index (χ1n) is 9.69. The Hall–Kier alpha value is -2.24. The third-order valence-electron chi connectivity index (χ3n) is 5.04. The van der Waals surface area contributed by atoms with E-state index in [0.29, 0.717) is 25.6 Å². The number of nitrogens with zero attached hydrogens (tertiary/aromatic N) is 2. The highest BCUT2D eigenvalue weighted by Gasteiger charge is 2.23. The van der Waals surface area contributed by atoms with Gasteiger partial charge in [0.15, 0.2) is 5.96 Å². The second-order valence-electron chi connectivity index (χ2n) is 7.13. The third-order valence-corrected chi connectivity index (χ3v) is 5.04. The smallest absolute Gasteiger partial charge is 0.222 e. The molecular weight excluding hydrogens is 328 g/mol. The van der Waals surface area contributed by atoms with E-state index < -0.39 is 0 Å². The Bertz CT molecular complexity index is 642. The molecule has 2 aliphatic rings. The number of hydrogen-bond donors (Lipinski definition) is 2. The predicted molar refractivity (Wildman–Crippen MR) is 103 cm³/mol. The van der Waals surface area contributed by atoms with E-state index >= 15 is 0 Å². The van der Waals surface area contributed by atoms with E-state index in [1.165, 1.54) is 6.42 Å². The summed E-state index contributed by atoms with van der Waals surface area (Å²) in [4.78, 5) is 18.2. The molecule has 26 heavy (non-hydrogen) atoms. The van der Waals surface area contributed by atoms with Gasteiger partial charge in [0.1, 0.15) is 5.75 Å². The van der Waals surface area contributed by atoms with Crippen LogP contribution in [0.3, 0.4) is 0 Å². The number of ether oxygens (including phenoxy) is 1. The number of nitrogens with one attached hydrogen (secondary N) is 2. The summed E-state index contributed by atoms with van der Waals surface area (Å²) in [6.45, 7) is 4.14. The summed E-state index contributed by atoms with van der Waals surface area (Å²) in [5.41, 5.74) is 1.10. The molecule has 1 saturated heterocycles. The Kier molecular flexibility index (Phi) is 6.36. The number of piperidine rings is 1. The number of aliphatic imine (C=N–C) groups is 1. The topological polar surface area (TPSA) is 66.0 Å². The largest absolute Gasteiger partial charge is 0.490 e. The van der Waals surface area contributed by atoms with Crippen LogP contribution >= 0.6 is 0 Å². The molecule has 1 amide bonds.